The van der Waals surface area contributed by atoms with Crippen LogP contribution in [0.1, 0.15) is 42.7 Å². The van der Waals surface area contributed by atoms with Gasteiger partial charge in [-0.3, -0.25) is 9.59 Å². The molecule has 0 unspecified atom stereocenters. The third kappa shape index (κ3) is 7.12. The molecule has 3 aromatic rings. The molecule has 0 saturated carbocycles. The Kier molecular flexibility index (Phi) is 9.48. The highest BCUT2D eigenvalue weighted by molar-refractivity contribution is 5.94. The van der Waals surface area contributed by atoms with Crippen LogP contribution in [0.25, 0.3) is 16.9 Å². The zero-order valence-corrected chi connectivity index (χ0v) is 22.2. The van der Waals surface area contributed by atoms with Crippen LogP contribution in [0.3, 0.4) is 0 Å². The molecule has 1 atom stereocenters. The molecule has 10 heteroatoms. The maximum absolute atomic E-state index is 13.3. The summed E-state index contributed by atoms with van der Waals surface area (Å²) in [6.07, 6.45) is 0.301. The van der Waals surface area contributed by atoms with E-state index < -0.39 is 23.9 Å². The first kappa shape index (κ1) is 28.2. The number of aliphatic carboxylic acids is 1. The summed E-state index contributed by atoms with van der Waals surface area (Å²) >= 11 is 0. The Hall–Kier alpha value is -4.34. The number of aryl methyl sites for hydroxylation is 1. The number of benzene rings is 2. The van der Waals surface area contributed by atoms with Crippen molar-refractivity contribution < 1.29 is 33.7 Å². The predicted octanol–water partition coefficient (Wildman–Crippen LogP) is 4.03. The number of rotatable bonds is 12. The first-order chi connectivity index (χ1) is 18.1. The van der Waals surface area contributed by atoms with Gasteiger partial charge in [-0.2, -0.15) is 5.10 Å². The van der Waals surface area contributed by atoms with Crippen LogP contribution in [0.15, 0.2) is 48.5 Å². The minimum Gasteiger partial charge on any atom is -0.496 e. The van der Waals surface area contributed by atoms with Crippen molar-refractivity contribution in [3.63, 3.8) is 0 Å². The van der Waals surface area contributed by atoms with Gasteiger partial charge < -0.3 is 24.6 Å². The van der Waals surface area contributed by atoms with Gasteiger partial charge in [-0.15, -0.1) is 0 Å². The number of aromatic nitrogens is 2. The Labute approximate surface area is 221 Å². The summed E-state index contributed by atoms with van der Waals surface area (Å²) in [6.45, 7) is 5.56. The van der Waals surface area contributed by atoms with Gasteiger partial charge in [0.05, 0.1) is 37.6 Å². The highest BCUT2D eigenvalue weighted by Crippen LogP contribution is 2.39. The summed E-state index contributed by atoms with van der Waals surface area (Å²) in [4.78, 5) is 36.4. The van der Waals surface area contributed by atoms with Crippen LogP contribution in [-0.4, -0.2) is 59.6 Å². The van der Waals surface area contributed by atoms with E-state index in [0.717, 1.165) is 5.56 Å². The minimum absolute atomic E-state index is 0.0875. The number of hydrogen-bond donors (Lipinski definition) is 2. The molecule has 1 heterocycles. The number of carboxylic acid groups (broad SMARTS) is 1. The normalized spacial score (nSPS) is 11.6. The molecule has 0 saturated heterocycles. The van der Waals surface area contributed by atoms with Crippen molar-refractivity contribution in [1.29, 1.82) is 0 Å². The largest absolute Gasteiger partial charge is 0.496 e. The first-order valence-electron chi connectivity index (χ1n) is 12.2. The molecule has 10 nitrogen and oxygen atoms in total. The minimum atomic E-state index is -0.997. The zero-order chi connectivity index (χ0) is 27.8. The Morgan fingerprint density at radius 2 is 1.74 bits per heavy atom. The molecular weight excluding hydrogens is 490 g/mol. The van der Waals surface area contributed by atoms with E-state index in [9.17, 15) is 19.5 Å². The first-order valence-corrected chi connectivity index (χ1v) is 12.2. The molecule has 0 radical (unpaired) electrons. The topological polar surface area (TPSA) is 129 Å². The van der Waals surface area contributed by atoms with Crippen LogP contribution >= 0.6 is 0 Å². The quantitative estimate of drug-likeness (QED) is 0.341. The molecule has 3 rings (SSSR count). The molecule has 0 bridgehead atoms. The Morgan fingerprint density at radius 3 is 2.34 bits per heavy atom. The van der Waals surface area contributed by atoms with Crippen LogP contribution in [0.4, 0.5) is 0 Å². The third-order valence-corrected chi connectivity index (χ3v) is 5.77. The van der Waals surface area contributed by atoms with Crippen molar-refractivity contribution in [3.8, 4) is 28.4 Å². The number of carbonyl (C=O) groups is 3. The lowest BCUT2D eigenvalue weighted by molar-refractivity contribution is -0.143. The molecule has 2 N–H and O–H groups in total. The van der Waals surface area contributed by atoms with Crippen molar-refractivity contribution in [2.75, 3.05) is 20.8 Å². The highest BCUT2D eigenvalue weighted by atomic mass is 16.6. The number of carboxylic acids is 1. The summed E-state index contributed by atoms with van der Waals surface area (Å²) in [5, 5.41) is 16.7. The molecule has 1 aromatic heterocycles. The second kappa shape index (κ2) is 12.8. The van der Waals surface area contributed by atoms with Crippen molar-refractivity contribution >= 4 is 17.8 Å². The molecule has 0 aliphatic rings. The van der Waals surface area contributed by atoms with Gasteiger partial charge in [-0.05, 0) is 49.6 Å². The van der Waals surface area contributed by atoms with Crippen molar-refractivity contribution in [2.45, 2.75) is 39.7 Å². The molecule has 38 heavy (non-hydrogen) atoms. The third-order valence-electron chi connectivity index (χ3n) is 5.77. The van der Waals surface area contributed by atoms with Gasteiger partial charge in [0.25, 0.3) is 5.91 Å². The van der Waals surface area contributed by atoms with Crippen LogP contribution in [0, 0.1) is 12.8 Å². The van der Waals surface area contributed by atoms with Gasteiger partial charge >= 0.3 is 11.9 Å². The van der Waals surface area contributed by atoms with E-state index in [1.165, 1.54) is 14.2 Å². The molecule has 0 aliphatic carbocycles. The standard InChI is InChI=1S/C28H33N3O7/c1-17(2)13-19(14-25(32)33)29-28(35)21-15-22(31(30-21)20-11-9-18(3)10-12-20)27-23(36-4)7-6-8-24(27)38-16-26(34)37-5/h6-12,15,17,19H,13-14,16H2,1-5H3,(H,29,35)(H,32,33)/t19-/m0/s1. The molecule has 202 valence electrons. The fourth-order valence-electron chi connectivity index (χ4n) is 4.03. The summed E-state index contributed by atoms with van der Waals surface area (Å²) in [5.74, 6) is -1.10. The average molecular weight is 524 g/mol. The molecule has 0 fully saturated rings. The maximum atomic E-state index is 13.3. The van der Waals surface area contributed by atoms with Gasteiger partial charge in [0.1, 0.15) is 11.5 Å². The maximum Gasteiger partial charge on any atom is 0.343 e. The fraction of sp³-hybridized carbons (Fsp3) is 0.357. The summed E-state index contributed by atoms with van der Waals surface area (Å²) in [5.41, 5.74) is 2.78. The van der Waals surface area contributed by atoms with E-state index in [0.29, 0.717) is 34.9 Å². The van der Waals surface area contributed by atoms with Crippen molar-refractivity contribution in [1.82, 2.24) is 15.1 Å². The number of nitrogens with one attached hydrogen (secondary N) is 1. The molecule has 0 spiro atoms. The lowest BCUT2D eigenvalue weighted by Crippen LogP contribution is -2.37. The number of ether oxygens (including phenoxy) is 3. The molecule has 1 amide bonds. The number of methoxy groups -OCH3 is 2. The second-order valence-electron chi connectivity index (χ2n) is 9.26. The van der Waals surface area contributed by atoms with Gasteiger partial charge in [-0.25, -0.2) is 9.48 Å². The summed E-state index contributed by atoms with van der Waals surface area (Å²) < 4.78 is 17.6. The van der Waals surface area contributed by atoms with Crippen LogP contribution in [0.5, 0.6) is 11.5 Å². The summed E-state index contributed by atoms with van der Waals surface area (Å²) in [6, 6.07) is 13.7. The van der Waals surface area contributed by atoms with Gasteiger partial charge in [-0.1, -0.05) is 37.6 Å². The number of nitrogens with zero attached hydrogens (tertiary/aromatic N) is 2. The van der Waals surface area contributed by atoms with E-state index in [4.69, 9.17) is 14.2 Å². The predicted molar refractivity (Wildman–Crippen MR) is 141 cm³/mol. The van der Waals surface area contributed by atoms with Gasteiger partial charge in [0, 0.05) is 6.04 Å². The fourth-order valence-corrected chi connectivity index (χ4v) is 4.03. The van der Waals surface area contributed by atoms with E-state index >= 15 is 0 Å². The monoisotopic (exact) mass is 523 g/mol. The Balaban J connectivity index is 2.12. The lowest BCUT2D eigenvalue weighted by Gasteiger charge is -2.18. The second-order valence-corrected chi connectivity index (χ2v) is 9.26. The average Bonchev–Trinajstić information content (AvgIpc) is 3.31. The molecule has 2 aromatic carbocycles. The van der Waals surface area contributed by atoms with Crippen molar-refractivity contribution in [2.24, 2.45) is 5.92 Å². The van der Waals surface area contributed by atoms with E-state index in [1.54, 1.807) is 28.9 Å². The zero-order valence-electron chi connectivity index (χ0n) is 22.2. The Morgan fingerprint density at radius 1 is 1.05 bits per heavy atom. The van der Waals surface area contributed by atoms with E-state index in [1.807, 2.05) is 45.0 Å². The number of amides is 1. The van der Waals surface area contributed by atoms with Gasteiger partial charge in [0.15, 0.2) is 12.3 Å². The molecular formula is C28H33N3O7. The number of hydrogen-bond acceptors (Lipinski definition) is 7. The molecule has 0 aliphatic heterocycles. The van der Waals surface area contributed by atoms with Gasteiger partial charge in [0.2, 0.25) is 0 Å². The summed E-state index contributed by atoms with van der Waals surface area (Å²) in [7, 11) is 2.78. The van der Waals surface area contributed by atoms with Crippen LogP contribution < -0.4 is 14.8 Å². The van der Waals surface area contributed by atoms with Crippen LogP contribution in [0.2, 0.25) is 0 Å². The Bertz CT molecular complexity index is 1280. The van der Waals surface area contributed by atoms with E-state index in [-0.39, 0.29) is 24.6 Å². The van der Waals surface area contributed by atoms with Crippen molar-refractivity contribution in [3.05, 3.63) is 59.8 Å². The smallest absolute Gasteiger partial charge is 0.343 e. The number of esters is 1. The SMILES string of the molecule is COC(=O)COc1cccc(OC)c1-c1cc(C(=O)N[C@H](CC(=O)O)CC(C)C)nn1-c1ccc(C)cc1. The number of carbonyl (C=O) groups excluding carboxylic acids is 2. The van der Waals surface area contributed by atoms with E-state index in [2.05, 4.69) is 10.4 Å². The highest BCUT2D eigenvalue weighted by Gasteiger charge is 2.25. The van der Waals surface area contributed by atoms with Crippen LogP contribution in [-0.2, 0) is 14.3 Å². The lowest BCUT2D eigenvalue weighted by atomic mass is 10.0.